The number of aromatic nitrogens is 3. The first-order valence-corrected chi connectivity index (χ1v) is 10.5. The van der Waals surface area contributed by atoms with Gasteiger partial charge in [0.25, 0.3) is 0 Å². The normalized spacial score (nSPS) is 12.5. The number of primary sulfonamides is 1. The Bertz CT molecular complexity index is 1160. The van der Waals surface area contributed by atoms with Crippen LogP contribution in [0.2, 0.25) is 0 Å². The topological polar surface area (TPSA) is 94.1 Å². The van der Waals surface area contributed by atoms with Crippen LogP contribution in [-0.4, -0.2) is 47.9 Å². The van der Waals surface area contributed by atoms with Crippen molar-refractivity contribution < 1.29 is 26.0 Å². The highest BCUT2D eigenvalue weighted by Crippen LogP contribution is 2.21. The summed E-state index contributed by atoms with van der Waals surface area (Å²) in [6.07, 6.45) is -4.16. The Balaban J connectivity index is 2.00. The third kappa shape index (κ3) is 6.09. The number of alkyl halides is 3. The minimum absolute atomic E-state index is 0.0626. The zero-order chi connectivity index (χ0) is 22.8. The summed E-state index contributed by atoms with van der Waals surface area (Å²) < 4.78 is 76.7. The van der Waals surface area contributed by atoms with Gasteiger partial charge in [-0.2, -0.15) is 13.2 Å². The number of rotatable bonds is 7. The maximum atomic E-state index is 14.7. The predicted molar refractivity (Wildman–Crippen MR) is 104 cm³/mol. The molecule has 0 saturated heterocycles. The van der Waals surface area contributed by atoms with Crippen LogP contribution in [0, 0.1) is 5.82 Å². The molecule has 0 fully saturated rings. The van der Waals surface area contributed by atoms with E-state index < -0.39 is 33.5 Å². The van der Waals surface area contributed by atoms with E-state index in [4.69, 9.17) is 5.14 Å². The molecule has 7 nitrogen and oxygen atoms in total. The molecule has 0 atom stereocenters. The lowest BCUT2D eigenvalue weighted by atomic mass is 10.1. The third-order valence-electron chi connectivity index (χ3n) is 4.26. The molecule has 0 unspecified atom stereocenters. The van der Waals surface area contributed by atoms with Gasteiger partial charge in [-0.15, -0.1) is 5.10 Å². The average Bonchev–Trinajstić information content (AvgIpc) is 3.01. The average molecular weight is 457 g/mol. The maximum Gasteiger partial charge on any atom is 0.401 e. The lowest BCUT2D eigenvalue weighted by molar-refractivity contribution is -0.144. The highest BCUT2D eigenvalue weighted by atomic mass is 32.2. The first-order valence-electron chi connectivity index (χ1n) is 8.99. The van der Waals surface area contributed by atoms with Crippen LogP contribution in [0.3, 0.4) is 0 Å². The molecule has 0 radical (unpaired) electrons. The van der Waals surface area contributed by atoms with Gasteiger partial charge in [0, 0.05) is 6.42 Å². The Morgan fingerprint density at radius 3 is 2.39 bits per heavy atom. The molecule has 0 aliphatic heterocycles. The van der Waals surface area contributed by atoms with Crippen LogP contribution in [0.25, 0.3) is 5.69 Å². The Labute approximate surface area is 176 Å². The van der Waals surface area contributed by atoms with Crippen molar-refractivity contribution in [3.63, 3.8) is 0 Å². The summed E-state index contributed by atoms with van der Waals surface area (Å²) in [5.41, 5.74) is 0.725. The lowest BCUT2D eigenvalue weighted by Gasteiger charge is -2.16. The molecule has 166 valence electrons. The van der Waals surface area contributed by atoms with E-state index in [-0.39, 0.29) is 30.3 Å². The molecule has 0 amide bonds. The van der Waals surface area contributed by atoms with E-state index in [2.05, 4.69) is 10.1 Å². The van der Waals surface area contributed by atoms with Crippen molar-refractivity contribution in [2.24, 2.45) is 5.14 Å². The first kappa shape index (κ1) is 22.8. The van der Waals surface area contributed by atoms with Crippen molar-refractivity contribution in [3.05, 3.63) is 71.6 Å². The fourth-order valence-electron chi connectivity index (χ4n) is 2.98. The molecule has 1 aromatic heterocycles. The molecule has 3 rings (SSSR count). The van der Waals surface area contributed by atoms with Gasteiger partial charge in [-0.05, 0) is 30.8 Å². The van der Waals surface area contributed by atoms with Crippen LogP contribution in [-0.2, 0) is 23.0 Å². The number of hydrogen-bond acceptors (Lipinski definition) is 5. The van der Waals surface area contributed by atoms with Crippen LogP contribution < -0.4 is 5.14 Å². The van der Waals surface area contributed by atoms with Crippen LogP contribution in [0.4, 0.5) is 17.6 Å². The van der Waals surface area contributed by atoms with Gasteiger partial charge in [-0.1, -0.05) is 30.3 Å². The summed E-state index contributed by atoms with van der Waals surface area (Å²) in [6.45, 7) is -1.38. The summed E-state index contributed by atoms with van der Waals surface area (Å²) in [7, 11) is -2.84. The smallest absolute Gasteiger partial charge is 0.291 e. The van der Waals surface area contributed by atoms with Gasteiger partial charge in [0.1, 0.15) is 17.3 Å². The van der Waals surface area contributed by atoms with Crippen LogP contribution in [0.5, 0.6) is 0 Å². The molecule has 0 saturated carbocycles. The quantitative estimate of drug-likeness (QED) is 0.551. The number of nitrogens with two attached hydrogens (primary N) is 1. The minimum atomic E-state index is -4.39. The van der Waals surface area contributed by atoms with Crippen molar-refractivity contribution in [3.8, 4) is 5.69 Å². The van der Waals surface area contributed by atoms with Crippen molar-refractivity contribution in [2.75, 3.05) is 13.6 Å². The zero-order valence-corrected chi connectivity index (χ0v) is 17.2. The van der Waals surface area contributed by atoms with Crippen molar-refractivity contribution in [2.45, 2.75) is 24.0 Å². The Hall–Kier alpha value is -2.83. The van der Waals surface area contributed by atoms with E-state index in [0.29, 0.717) is 0 Å². The minimum Gasteiger partial charge on any atom is -0.291 e. The Kier molecular flexibility index (Phi) is 6.43. The number of hydrogen-bond donors (Lipinski definition) is 1. The SMILES string of the molecule is CN(Cc1nc(Cc2ccccc2)n(-c2ccc(S(N)(=O)=O)cc2F)n1)CC(F)(F)F. The molecule has 31 heavy (non-hydrogen) atoms. The van der Waals surface area contributed by atoms with E-state index >= 15 is 0 Å². The molecule has 2 N–H and O–H groups in total. The predicted octanol–water partition coefficient (Wildman–Crippen LogP) is 2.64. The van der Waals surface area contributed by atoms with Gasteiger partial charge in [-0.3, -0.25) is 4.90 Å². The van der Waals surface area contributed by atoms with E-state index in [1.165, 1.54) is 13.1 Å². The fraction of sp³-hybridized carbons (Fsp3) is 0.263. The van der Waals surface area contributed by atoms with Crippen molar-refractivity contribution in [1.82, 2.24) is 19.7 Å². The Morgan fingerprint density at radius 2 is 1.81 bits per heavy atom. The molecule has 0 aliphatic carbocycles. The number of nitrogens with zero attached hydrogens (tertiary/aromatic N) is 4. The largest absolute Gasteiger partial charge is 0.401 e. The second kappa shape index (κ2) is 8.73. The summed E-state index contributed by atoms with van der Waals surface area (Å²) in [6, 6.07) is 12.1. The molecule has 0 bridgehead atoms. The zero-order valence-electron chi connectivity index (χ0n) is 16.3. The number of benzene rings is 2. The van der Waals surface area contributed by atoms with Crippen LogP contribution in [0.1, 0.15) is 17.2 Å². The summed E-state index contributed by atoms with van der Waals surface area (Å²) in [5.74, 6) is -0.572. The van der Waals surface area contributed by atoms with E-state index in [1.54, 1.807) is 12.1 Å². The molecule has 12 heteroatoms. The molecule has 0 spiro atoms. The maximum absolute atomic E-state index is 14.7. The van der Waals surface area contributed by atoms with Crippen LogP contribution in [0.15, 0.2) is 53.4 Å². The van der Waals surface area contributed by atoms with E-state index in [9.17, 15) is 26.0 Å². The second-order valence-electron chi connectivity index (χ2n) is 6.96. The fourth-order valence-corrected chi connectivity index (χ4v) is 3.51. The van der Waals surface area contributed by atoms with Gasteiger partial charge in [0.2, 0.25) is 10.0 Å². The molecule has 3 aromatic rings. The highest BCUT2D eigenvalue weighted by Gasteiger charge is 2.30. The summed E-state index contributed by atoms with van der Waals surface area (Å²) in [4.78, 5) is 4.88. The molecular weight excluding hydrogens is 438 g/mol. The second-order valence-corrected chi connectivity index (χ2v) is 8.53. The van der Waals surface area contributed by atoms with Gasteiger partial charge in [0.05, 0.1) is 18.0 Å². The first-order chi connectivity index (χ1) is 14.4. The molecule has 1 heterocycles. The summed E-state index contributed by atoms with van der Waals surface area (Å²) in [5, 5.41) is 9.20. The van der Waals surface area contributed by atoms with Gasteiger partial charge >= 0.3 is 6.18 Å². The van der Waals surface area contributed by atoms with Gasteiger partial charge in [-0.25, -0.2) is 27.6 Å². The number of halogens is 4. The van der Waals surface area contributed by atoms with Crippen molar-refractivity contribution in [1.29, 1.82) is 0 Å². The molecular formula is C19H19F4N5O2S. The highest BCUT2D eigenvalue weighted by molar-refractivity contribution is 7.89. The molecule has 2 aromatic carbocycles. The van der Waals surface area contributed by atoms with Gasteiger partial charge in [0.15, 0.2) is 5.82 Å². The van der Waals surface area contributed by atoms with E-state index in [1.807, 2.05) is 18.2 Å². The number of sulfonamides is 1. The van der Waals surface area contributed by atoms with Gasteiger partial charge < -0.3 is 0 Å². The third-order valence-corrected chi connectivity index (χ3v) is 5.17. The Morgan fingerprint density at radius 1 is 1.13 bits per heavy atom. The lowest BCUT2D eigenvalue weighted by Crippen LogP contribution is -2.30. The van der Waals surface area contributed by atoms with Crippen LogP contribution >= 0.6 is 0 Å². The summed E-state index contributed by atoms with van der Waals surface area (Å²) >= 11 is 0. The monoisotopic (exact) mass is 457 g/mol. The van der Waals surface area contributed by atoms with Crippen molar-refractivity contribution >= 4 is 10.0 Å². The standard InChI is InChI=1S/C19H19F4N5O2S/c1-27(12-19(21,22)23)11-17-25-18(9-13-5-3-2-4-6-13)28(26-17)16-8-7-14(10-15(16)20)31(24,29)30/h2-8,10H,9,11-12H2,1H3,(H2,24,29,30). The molecule has 0 aliphatic rings. The van der Waals surface area contributed by atoms with E-state index in [0.717, 1.165) is 27.3 Å².